The van der Waals surface area contributed by atoms with Gasteiger partial charge in [0.2, 0.25) is 11.8 Å². The third kappa shape index (κ3) is 4.82. The molecule has 1 aliphatic rings. The monoisotopic (exact) mass is 427 g/mol. The van der Waals surface area contributed by atoms with E-state index >= 15 is 0 Å². The van der Waals surface area contributed by atoms with Crippen LogP contribution in [0.4, 0.5) is 11.4 Å². The summed E-state index contributed by atoms with van der Waals surface area (Å²) in [4.78, 5) is 39.1. The number of halogens is 1. The Balaban J connectivity index is 1.74. The van der Waals surface area contributed by atoms with Gasteiger partial charge in [-0.2, -0.15) is 0 Å². The predicted molar refractivity (Wildman–Crippen MR) is 119 cm³/mol. The Bertz CT molecular complexity index is 959. The normalized spacial score (nSPS) is 14.6. The molecule has 0 aliphatic carbocycles. The second-order valence-corrected chi connectivity index (χ2v) is 8.03. The minimum Gasteiger partial charge on any atom is -0.340 e. The van der Waals surface area contributed by atoms with E-state index in [0.717, 1.165) is 24.1 Å². The van der Waals surface area contributed by atoms with E-state index in [1.807, 2.05) is 26.0 Å². The molecule has 2 atom stereocenters. The van der Waals surface area contributed by atoms with Crippen molar-refractivity contribution in [3.63, 3.8) is 0 Å². The Morgan fingerprint density at radius 2 is 1.83 bits per heavy atom. The van der Waals surface area contributed by atoms with Crippen LogP contribution in [0.25, 0.3) is 0 Å². The molecule has 1 aliphatic heterocycles. The van der Waals surface area contributed by atoms with Gasteiger partial charge in [-0.15, -0.1) is 0 Å². The van der Waals surface area contributed by atoms with Crippen LogP contribution in [0, 0.1) is 5.92 Å². The number of rotatable bonds is 6. The molecule has 30 heavy (non-hydrogen) atoms. The van der Waals surface area contributed by atoms with Gasteiger partial charge in [0.1, 0.15) is 6.04 Å². The highest BCUT2D eigenvalue weighted by Gasteiger charge is 2.27. The largest absolute Gasteiger partial charge is 0.340 e. The molecule has 0 aromatic heterocycles. The molecule has 158 valence electrons. The first-order chi connectivity index (χ1) is 14.3. The fourth-order valence-electron chi connectivity index (χ4n) is 3.55. The summed E-state index contributed by atoms with van der Waals surface area (Å²) in [5.74, 6) is -0.637. The summed E-state index contributed by atoms with van der Waals surface area (Å²) >= 11 is 5.88. The number of carbonyl (C=O) groups excluding carboxylic acids is 3. The van der Waals surface area contributed by atoms with Gasteiger partial charge >= 0.3 is 0 Å². The van der Waals surface area contributed by atoms with E-state index in [2.05, 4.69) is 10.6 Å². The lowest BCUT2D eigenvalue weighted by Crippen LogP contribution is -2.47. The summed E-state index contributed by atoms with van der Waals surface area (Å²) in [6, 6.07) is 11.4. The Labute approximate surface area is 181 Å². The number of hydrogen-bond acceptors (Lipinski definition) is 3. The van der Waals surface area contributed by atoms with Crippen molar-refractivity contribution in [1.82, 2.24) is 5.32 Å². The van der Waals surface area contributed by atoms with Gasteiger partial charge in [0.25, 0.3) is 5.91 Å². The predicted octanol–water partition coefficient (Wildman–Crippen LogP) is 4.03. The number of fused-ring (bicyclic) bond motifs is 1. The van der Waals surface area contributed by atoms with Crippen LogP contribution < -0.4 is 15.5 Å². The fourth-order valence-corrected chi connectivity index (χ4v) is 3.68. The first-order valence-electron chi connectivity index (χ1n) is 10.1. The first-order valence-corrected chi connectivity index (χ1v) is 10.5. The lowest BCUT2D eigenvalue weighted by molar-refractivity contribution is -0.119. The zero-order chi connectivity index (χ0) is 21.8. The lowest BCUT2D eigenvalue weighted by atomic mass is 9.97. The third-order valence-electron chi connectivity index (χ3n) is 5.51. The van der Waals surface area contributed by atoms with Crippen molar-refractivity contribution in [2.24, 2.45) is 5.92 Å². The zero-order valence-corrected chi connectivity index (χ0v) is 18.1. The molecular formula is C23H26ClN3O3. The minimum atomic E-state index is -0.680. The van der Waals surface area contributed by atoms with Crippen LogP contribution in [0.3, 0.4) is 0 Å². The molecule has 6 nitrogen and oxygen atoms in total. The van der Waals surface area contributed by atoms with E-state index in [4.69, 9.17) is 11.6 Å². The Morgan fingerprint density at radius 3 is 2.47 bits per heavy atom. The second kappa shape index (κ2) is 9.30. The van der Waals surface area contributed by atoms with Crippen LogP contribution in [-0.2, 0) is 16.0 Å². The molecule has 2 N–H and O–H groups in total. The van der Waals surface area contributed by atoms with Gasteiger partial charge in [-0.05, 0) is 60.4 Å². The van der Waals surface area contributed by atoms with Crippen LogP contribution in [0.15, 0.2) is 42.5 Å². The molecule has 0 fully saturated rings. The van der Waals surface area contributed by atoms with Gasteiger partial charge in [-0.25, -0.2) is 0 Å². The Kier molecular flexibility index (Phi) is 6.77. The van der Waals surface area contributed by atoms with Crippen LogP contribution >= 0.6 is 11.6 Å². The maximum absolute atomic E-state index is 13.0. The maximum atomic E-state index is 13.0. The summed E-state index contributed by atoms with van der Waals surface area (Å²) < 4.78 is 0. The quantitative estimate of drug-likeness (QED) is 0.730. The molecule has 2 aromatic carbocycles. The van der Waals surface area contributed by atoms with Gasteiger partial charge in [0, 0.05) is 35.4 Å². The van der Waals surface area contributed by atoms with Gasteiger partial charge in [0.05, 0.1) is 0 Å². The molecule has 0 radical (unpaired) electrons. The molecule has 3 amide bonds. The van der Waals surface area contributed by atoms with E-state index in [-0.39, 0.29) is 23.6 Å². The molecule has 0 bridgehead atoms. The first kappa shape index (κ1) is 21.8. The van der Waals surface area contributed by atoms with Crippen molar-refractivity contribution in [3.05, 3.63) is 58.6 Å². The summed E-state index contributed by atoms with van der Waals surface area (Å²) in [5, 5.41) is 6.31. The number of nitrogens with zero attached hydrogens (tertiary/aromatic N) is 1. The number of nitrogens with one attached hydrogen (secondary N) is 2. The molecule has 2 unspecified atom stereocenters. The van der Waals surface area contributed by atoms with Crippen molar-refractivity contribution < 1.29 is 14.4 Å². The average molecular weight is 428 g/mol. The van der Waals surface area contributed by atoms with E-state index in [0.29, 0.717) is 22.8 Å². The van der Waals surface area contributed by atoms with Gasteiger partial charge in [-0.1, -0.05) is 31.9 Å². The van der Waals surface area contributed by atoms with Crippen LogP contribution in [0.2, 0.25) is 5.02 Å². The molecule has 0 saturated heterocycles. The standard InChI is InChI=1S/C23H26ClN3O3/c1-4-14(2)21(26-22(29)16-5-7-18(24)8-6-16)23(30)25-19-9-10-20-17(13-19)11-12-27(20)15(3)28/h5-10,13-14,21H,4,11-12H2,1-3H3,(H,25,30)(H,26,29). The number of carbonyl (C=O) groups is 3. The zero-order valence-electron chi connectivity index (χ0n) is 17.4. The van der Waals surface area contributed by atoms with E-state index in [9.17, 15) is 14.4 Å². The molecular weight excluding hydrogens is 402 g/mol. The molecule has 1 heterocycles. The molecule has 3 rings (SSSR count). The number of benzene rings is 2. The molecule has 0 saturated carbocycles. The van der Waals surface area contributed by atoms with Gasteiger partial charge in [0.15, 0.2) is 0 Å². The number of anilines is 2. The van der Waals surface area contributed by atoms with Crippen molar-refractivity contribution in [1.29, 1.82) is 0 Å². The summed E-state index contributed by atoms with van der Waals surface area (Å²) in [5.41, 5.74) is 3.00. The van der Waals surface area contributed by atoms with Crippen LogP contribution in [0.5, 0.6) is 0 Å². The smallest absolute Gasteiger partial charge is 0.251 e. The maximum Gasteiger partial charge on any atom is 0.251 e. The van der Waals surface area contributed by atoms with Crippen molar-refractivity contribution in [2.75, 3.05) is 16.8 Å². The molecule has 2 aromatic rings. The van der Waals surface area contributed by atoms with Crippen molar-refractivity contribution >= 4 is 40.7 Å². The second-order valence-electron chi connectivity index (χ2n) is 7.60. The fraction of sp³-hybridized carbons (Fsp3) is 0.348. The third-order valence-corrected chi connectivity index (χ3v) is 5.76. The Hall–Kier alpha value is -2.86. The topological polar surface area (TPSA) is 78.5 Å². The Morgan fingerprint density at radius 1 is 1.13 bits per heavy atom. The number of amides is 3. The molecule has 0 spiro atoms. The van der Waals surface area contributed by atoms with E-state index in [1.54, 1.807) is 42.2 Å². The highest BCUT2D eigenvalue weighted by molar-refractivity contribution is 6.30. The summed E-state index contributed by atoms with van der Waals surface area (Å²) in [6.07, 6.45) is 1.48. The lowest BCUT2D eigenvalue weighted by Gasteiger charge is -2.24. The van der Waals surface area contributed by atoms with E-state index < -0.39 is 6.04 Å². The van der Waals surface area contributed by atoms with Gasteiger partial charge < -0.3 is 15.5 Å². The minimum absolute atomic E-state index is 0.00674. The van der Waals surface area contributed by atoms with Gasteiger partial charge in [-0.3, -0.25) is 14.4 Å². The SMILES string of the molecule is CCC(C)C(NC(=O)c1ccc(Cl)cc1)C(=O)Nc1ccc2c(c1)CCN2C(C)=O. The number of hydrogen-bond donors (Lipinski definition) is 2. The summed E-state index contributed by atoms with van der Waals surface area (Å²) in [6.45, 7) is 6.10. The summed E-state index contributed by atoms with van der Waals surface area (Å²) in [7, 11) is 0. The van der Waals surface area contributed by atoms with Crippen LogP contribution in [0.1, 0.15) is 43.1 Å². The highest BCUT2D eigenvalue weighted by atomic mass is 35.5. The molecule has 7 heteroatoms. The van der Waals surface area contributed by atoms with E-state index in [1.165, 1.54) is 0 Å². The van der Waals surface area contributed by atoms with Crippen molar-refractivity contribution in [2.45, 2.75) is 39.7 Å². The highest BCUT2D eigenvalue weighted by Crippen LogP contribution is 2.30. The van der Waals surface area contributed by atoms with Crippen molar-refractivity contribution in [3.8, 4) is 0 Å². The average Bonchev–Trinajstić information content (AvgIpc) is 3.15. The van der Waals surface area contributed by atoms with Crippen LogP contribution in [-0.4, -0.2) is 30.3 Å².